The first-order chi connectivity index (χ1) is 7.06. The van der Waals surface area contributed by atoms with Gasteiger partial charge in [-0.25, -0.2) is 0 Å². The zero-order valence-electron chi connectivity index (χ0n) is 10.0. The minimum absolute atomic E-state index is 0.238. The van der Waals surface area contributed by atoms with Gasteiger partial charge in [-0.05, 0) is 23.7 Å². The van der Waals surface area contributed by atoms with E-state index < -0.39 is 23.1 Å². The SMILES string of the molecule is C=CC1(C)CCC(C(=O)C(O)(O)O)C1(C)C. The maximum atomic E-state index is 11.7. The van der Waals surface area contributed by atoms with E-state index in [0.717, 1.165) is 6.42 Å². The van der Waals surface area contributed by atoms with Crippen molar-refractivity contribution < 1.29 is 20.1 Å². The average molecular weight is 228 g/mol. The Hall–Kier alpha value is -0.710. The van der Waals surface area contributed by atoms with Crippen LogP contribution >= 0.6 is 0 Å². The molecule has 1 rings (SSSR count). The normalized spacial score (nSPS) is 33.8. The summed E-state index contributed by atoms with van der Waals surface area (Å²) in [6, 6.07) is 0. The summed E-state index contributed by atoms with van der Waals surface area (Å²) in [6.07, 6.45) is 3.07. The number of hydrogen-bond acceptors (Lipinski definition) is 4. The molecule has 4 heteroatoms. The molecule has 92 valence electrons. The topological polar surface area (TPSA) is 77.8 Å². The van der Waals surface area contributed by atoms with E-state index in [4.69, 9.17) is 15.3 Å². The number of carbonyl (C=O) groups is 1. The predicted molar refractivity (Wildman–Crippen MR) is 59.2 cm³/mol. The van der Waals surface area contributed by atoms with Gasteiger partial charge in [0.05, 0.1) is 0 Å². The minimum Gasteiger partial charge on any atom is -0.337 e. The summed E-state index contributed by atoms with van der Waals surface area (Å²) in [5, 5.41) is 26.9. The number of rotatable bonds is 3. The molecule has 0 amide bonds. The highest BCUT2D eigenvalue weighted by atomic mass is 16.7. The van der Waals surface area contributed by atoms with Crippen LogP contribution in [0.4, 0.5) is 0 Å². The van der Waals surface area contributed by atoms with E-state index in [0.29, 0.717) is 6.42 Å². The lowest BCUT2D eigenvalue weighted by Gasteiger charge is -2.39. The molecule has 3 N–H and O–H groups in total. The van der Waals surface area contributed by atoms with Gasteiger partial charge in [-0.1, -0.05) is 26.8 Å². The molecule has 1 aliphatic rings. The number of ketones is 1. The highest BCUT2D eigenvalue weighted by molar-refractivity contribution is 5.87. The number of carbonyl (C=O) groups excluding carboxylic acids is 1. The van der Waals surface area contributed by atoms with Gasteiger partial charge < -0.3 is 15.3 Å². The Morgan fingerprint density at radius 1 is 1.38 bits per heavy atom. The van der Waals surface area contributed by atoms with Crippen molar-refractivity contribution in [1.29, 1.82) is 0 Å². The van der Waals surface area contributed by atoms with Crippen molar-refractivity contribution >= 4 is 5.78 Å². The van der Waals surface area contributed by atoms with Crippen molar-refractivity contribution in [3.05, 3.63) is 12.7 Å². The monoisotopic (exact) mass is 228 g/mol. The maximum Gasteiger partial charge on any atom is 0.339 e. The molecular weight excluding hydrogens is 208 g/mol. The van der Waals surface area contributed by atoms with Crippen molar-refractivity contribution in [2.75, 3.05) is 0 Å². The lowest BCUT2D eigenvalue weighted by molar-refractivity contribution is -0.291. The first kappa shape index (κ1) is 13.4. The molecule has 0 bridgehead atoms. The van der Waals surface area contributed by atoms with E-state index in [1.807, 2.05) is 20.8 Å². The fourth-order valence-electron chi connectivity index (χ4n) is 2.58. The van der Waals surface area contributed by atoms with Gasteiger partial charge in [-0.3, -0.25) is 4.79 Å². The van der Waals surface area contributed by atoms with Crippen LogP contribution in [0.25, 0.3) is 0 Å². The average Bonchev–Trinajstić information content (AvgIpc) is 2.37. The van der Waals surface area contributed by atoms with Gasteiger partial charge in [0, 0.05) is 5.92 Å². The summed E-state index contributed by atoms with van der Waals surface area (Å²) in [7, 11) is 0. The number of Topliss-reactive ketones (excluding diaryl/α,β-unsaturated/α-hetero) is 1. The van der Waals surface area contributed by atoms with Crippen LogP contribution in [-0.2, 0) is 4.79 Å². The van der Waals surface area contributed by atoms with Crippen LogP contribution in [0.3, 0.4) is 0 Å². The summed E-state index contributed by atoms with van der Waals surface area (Å²) < 4.78 is 0. The van der Waals surface area contributed by atoms with Crippen LogP contribution in [0.5, 0.6) is 0 Å². The molecule has 0 saturated heterocycles. The van der Waals surface area contributed by atoms with E-state index >= 15 is 0 Å². The number of aliphatic hydroxyl groups is 3. The molecular formula is C12H20O4. The second-order valence-corrected chi connectivity index (χ2v) is 5.43. The van der Waals surface area contributed by atoms with E-state index in [-0.39, 0.29) is 5.41 Å². The largest absolute Gasteiger partial charge is 0.339 e. The predicted octanol–water partition coefficient (Wildman–Crippen LogP) is 0.815. The van der Waals surface area contributed by atoms with Crippen LogP contribution in [0, 0.1) is 16.7 Å². The molecule has 0 aromatic heterocycles. The second-order valence-electron chi connectivity index (χ2n) is 5.43. The Kier molecular flexibility index (Phi) is 3.05. The van der Waals surface area contributed by atoms with Crippen molar-refractivity contribution in [3.63, 3.8) is 0 Å². The molecule has 0 aromatic rings. The third kappa shape index (κ3) is 1.81. The van der Waals surface area contributed by atoms with Gasteiger partial charge in [-0.2, -0.15) is 0 Å². The van der Waals surface area contributed by atoms with Gasteiger partial charge >= 0.3 is 5.97 Å². The van der Waals surface area contributed by atoms with Gasteiger partial charge in [0.25, 0.3) is 0 Å². The second kappa shape index (κ2) is 3.65. The third-order valence-electron chi connectivity index (χ3n) is 4.39. The fraction of sp³-hybridized carbons (Fsp3) is 0.750. The molecule has 0 heterocycles. The zero-order chi connectivity index (χ0) is 12.8. The molecule has 0 radical (unpaired) electrons. The van der Waals surface area contributed by atoms with Gasteiger partial charge in [0.15, 0.2) is 0 Å². The summed E-state index contributed by atoms with van der Waals surface area (Å²) >= 11 is 0. The van der Waals surface area contributed by atoms with E-state index in [2.05, 4.69) is 6.58 Å². The van der Waals surface area contributed by atoms with Crippen molar-refractivity contribution in [1.82, 2.24) is 0 Å². The highest BCUT2D eigenvalue weighted by Crippen LogP contribution is 2.57. The standard InChI is InChI=1S/C12H20O4/c1-5-11(4)7-6-8(10(11,2)3)9(13)12(14,15)16/h5,8,14-16H,1,6-7H2,2-4H3. The number of hydrogen-bond donors (Lipinski definition) is 3. The van der Waals surface area contributed by atoms with Crippen LogP contribution in [0.15, 0.2) is 12.7 Å². The lowest BCUT2D eigenvalue weighted by atomic mass is 9.65. The van der Waals surface area contributed by atoms with Gasteiger partial charge in [0.1, 0.15) is 0 Å². The van der Waals surface area contributed by atoms with Crippen molar-refractivity contribution in [2.45, 2.75) is 39.6 Å². The van der Waals surface area contributed by atoms with Crippen LogP contribution < -0.4 is 0 Å². The Bertz CT molecular complexity index is 313. The molecule has 2 unspecified atom stereocenters. The molecule has 1 fully saturated rings. The maximum absolute atomic E-state index is 11.7. The third-order valence-corrected chi connectivity index (χ3v) is 4.39. The Morgan fingerprint density at radius 2 is 1.88 bits per heavy atom. The van der Waals surface area contributed by atoms with Crippen molar-refractivity contribution in [2.24, 2.45) is 16.7 Å². The Morgan fingerprint density at radius 3 is 2.19 bits per heavy atom. The van der Waals surface area contributed by atoms with Crippen LogP contribution in [0.1, 0.15) is 33.6 Å². The van der Waals surface area contributed by atoms with E-state index in [1.165, 1.54) is 0 Å². The molecule has 2 atom stereocenters. The molecule has 1 saturated carbocycles. The van der Waals surface area contributed by atoms with Gasteiger partial charge in [0.2, 0.25) is 5.78 Å². The smallest absolute Gasteiger partial charge is 0.337 e. The summed E-state index contributed by atoms with van der Waals surface area (Å²) in [5.74, 6) is -4.73. The van der Waals surface area contributed by atoms with Crippen molar-refractivity contribution in [3.8, 4) is 0 Å². The first-order valence-electron chi connectivity index (χ1n) is 5.41. The molecule has 1 aliphatic carbocycles. The van der Waals surface area contributed by atoms with Crippen LogP contribution in [-0.4, -0.2) is 27.1 Å². The molecule has 0 spiro atoms. The summed E-state index contributed by atoms with van der Waals surface area (Å²) in [5.41, 5.74) is -0.691. The summed E-state index contributed by atoms with van der Waals surface area (Å²) in [6.45, 7) is 9.52. The first-order valence-corrected chi connectivity index (χ1v) is 5.41. The lowest BCUT2D eigenvalue weighted by Crippen LogP contribution is -2.47. The minimum atomic E-state index is -3.23. The Labute approximate surface area is 95.6 Å². The fourth-order valence-corrected chi connectivity index (χ4v) is 2.58. The van der Waals surface area contributed by atoms with E-state index in [1.54, 1.807) is 6.08 Å². The Balaban J connectivity index is 3.05. The van der Waals surface area contributed by atoms with Gasteiger partial charge in [-0.15, -0.1) is 6.58 Å². The van der Waals surface area contributed by atoms with Crippen LogP contribution in [0.2, 0.25) is 0 Å². The highest BCUT2D eigenvalue weighted by Gasteiger charge is 2.55. The van der Waals surface area contributed by atoms with E-state index in [9.17, 15) is 4.79 Å². The molecule has 0 aliphatic heterocycles. The summed E-state index contributed by atoms with van der Waals surface area (Å²) in [4.78, 5) is 11.7. The molecule has 16 heavy (non-hydrogen) atoms. The molecule has 4 nitrogen and oxygen atoms in total. The number of allylic oxidation sites excluding steroid dienone is 1. The molecule has 0 aromatic carbocycles. The zero-order valence-corrected chi connectivity index (χ0v) is 10.0. The quantitative estimate of drug-likeness (QED) is 0.493.